The molecule has 13 heavy (non-hydrogen) atoms. The van der Waals surface area contributed by atoms with E-state index < -0.39 is 0 Å². The van der Waals surface area contributed by atoms with Crippen LogP contribution in [0.5, 0.6) is 0 Å². The van der Waals surface area contributed by atoms with E-state index in [9.17, 15) is 0 Å². The molecular formula is C12H24O. The second kappa shape index (κ2) is 4.45. The van der Waals surface area contributed by atoms with Crippen LogP contribution in [0, 0.1) is 5.41 Å². The average molecular weight is 184 g/mol. The van der Waals surface area contributed by atoms with E-state index in [0.29, 0.717) is 17.6 Å². The molecule has 0 aromatic heterocycles. The maximum absolute atomic E-state index is 5.66. The largest absolute Gasteiger partial charge is 0.369 e. The van der Waals surface area contributed by atoms with E-state index >= 15 is 0 Å². The van der Waals surface area contributed by atoms with Gasteiger partial charge in [0.1, 0.15) is 0 Å². The van der Waals surface area contributed by atoms with Gasteiger partial charge in [0.05, 0.1) is 12.2 Å². The van der Waals surface area contributed by atoms with Gasteiger partial charge in [-0.2, -0.15) is 0 Å². The van der Waals surface area contributed by atoms with Crippen molar-refractivity contribution in [3.8, 4) is 0 Å². The highest BCUT2D eigenvalue weighted by Crippen LogP contribution is 2.40. The molecule has 1 rings (SSSR count). The predicted octanol–water partition coefficient (Wildman–Crippen LogP) is 3.77. The van der Waals surface area contributed by atoms with Gasteiger partial charge in [-0.25, -0.2) is 0 Å². The molecule has 1 aliphatic rings. The molecule has 1 heteroatoms. The first-order chi connectivity index (χ1) is 6.05. The first-order valence-electron chi connectivity index (χ1n) is 5.71. The molecule has 2 atom stereocenters. The normalized spacial score (nSPS) is 27.7. The van der Waals surface area contributed by atoms with Crippen LogP contribution in [0.15, 0.2) is 0 Å². The Morgan fingerprint density at radius 3 is 2.23 bits per heavy atom. The van der Waals surface area contributed by atoms with Gasteiger partial charge in [-0.05, 0) is 11.8 Å². The number of hydrogen-bond donors (Lipinski definition) is 0. The number of rotatable bonds is 5. The molecule has 1 saturated heterocycles. The van der Waals surface area contributed by atoms with Crippen molar-refractivity contribution in [2.45, 2.75) is 72.0 Å². The third-order valence-corrected chi connectivity index (χ3v) is 2.78. The zero-order chi connectivity index (χ0) is 9.90. The van der Waals surface area contributed by atoms with Crippen molar-refractivity contribution in [2.24, 2.45) is 5.41 Å². The Morgan fingerprint density at radius 1 is 1.08 bits per heavy atom. The lowest BCUT2D eigenvalue weighted by atomic mass is 9.89. The molecule has 1 fully saturated rings. The Bertz CT molecular complexity index is 146. The summed E-state index contributed by atoms with van der Waals surface area (Å²) >= 11 is 0. The Hall–Kier alpha value is -0.0400. The average Bonchev–Trinajstić information content (AvgIpc) is 2.76. The Morgan fingerprint density at radius 2 is 1.77 bits per heavy atom. The zero-order valence-electron chi connectivity index (χ0n) is 9.60. The quantitative estimate of drug-likeness (QED) is 0.468. The summed E-state index contributed by atoms with van der Waals surface area (Å²) in [5.41, 5.74) is 0.357. The second-order valence-corrected chi connectivity index (χ2v) is 5.31. The lowest BCUT2D eigenvalue weighted by molar-refractivity contribution is 0.259. The van der Waals surface area contributed by atoms with Crippen molar-refractivity contribution in [2.75, 3.05) is 0 Å². The van der Waals surface area contributed by atoms with Crippen LogP contribution in [0.25, 0.3) is 0 Å². The standard InChI is InChI=1S/C12H24O/c1-5-6-7-8-9-10-11(13-10)12(2,3)4/h10-11H,5-9H2,1-4H3/t10-,11-/m0/s1. The van der Waals surface area contributed by atoms with Crippen molar-refractivity contribution >= 4 is 0 Å². The Balaban J connectivity index is 2.01. The summed E-state index contributed by atoms with van der Waals surface area (Å²) in [6.07, 6.45) is 7.84. The summed E-state index contributed by atoms with van der Waals surface area (Å²) in [6, 6.07) is 0. The van der Waals surface area contributed by atoms with Gasteiger partial charge in [-0.1, -0.05) is 53.4 Å². The number of unbranched alkanes of at least 4 members (excludes halogenated alkanes) is 3. The van der Waals surface area contributed by atoms with Crippen LogP contribution in [0.3, 0.4) is 0 Å². The summed E-state index contributed by atoms with van der Waals surface area (Å²) in [6.45, 7) is 9.06. The van der Waals surface area contributed by atoms with Gasteiger partial charge in [0, 0.05) is 0 Å². The van der Waals surface area contributed by atoms with Gasteiger partial charge in [0.25, 0.3) is 0 Å². The fourth-order valence-corrected chi connectivity index (χ4v) is 1.90. The van der Waals surface area contributed by atoms with E-state index in [1.165, 1.54) is 32.1 Å². The van der Waals surface area contributed by atoms with Crippen LogP contribution < -0.4 is 0 Å². The van der Waals surface area contributed by atoms with E-state index in [2.05, 4.69) is 27.7 Å². The Kier molecular flexibility index (Phi) is 3.78. The lowest BCUT2D eigenvalue weighted by Crippen LogP contribution is -2.16. The van der Waals surface area contributed by atoms with Crippen LogP contribution in [-0.2, 0) is 4.74 Å². The van der Waals surface area contributed by atoms with Gasteiger partial charge >= 0.3 is 0 Å². The molecule has 0 aliphatic carbocycles. The molecule has 78 valence electrons. The molecule has 0 amide bonds. The second-order valence-electron chi connectivity index (χ2n) is 5.31. The van der Waals surface area contributed by atoms with Crippen molar-refractivity contribution < 1.29 is 4.74 Å². The van der Waals surface area contributed by atoms with Gasteiger partial charge < -0.3 is 4.74 Å². The van der Waals surface area contributed by atoms with E-state index in [0.717, 1.165) is 0 Å². The molecule has 1 aliphatic heterocycles. The maximum atomic E-state index is 5.66. The molecule has 0 aromatic rings. The van der Waals surface area contributed by atoms with Gasteiger partial charge in [0.2, 0.25) is 0 Å². The van der Waals surface area contributed by atoms with Crippen LogP contribution in [-0.4, -0.2) is 12.2 Å². The molecule has 1 nitrogen and oxygen atoms in total. The molecule has 0 bridgehead atoms. The van der Waals surface area contributed by atoms with Crippen LogP contribution >= 0.6 is 0 Å². The summed E-state index contributed by atoms with van der Waals surface area (Å²) in [5.74, 6) is 0. The fraction of sp³-hybridized carbons (Fsp3) is 1.00. The highest BCUT2D eigenvalue weighted by atomic mass is 16.6. The molecule has 0 N–H and O–H groups in total. The van der Waals surface area contributed by atoms with Crippen molar-refractivity contribution in [3.63, 3.8) is 0 Å². The maximum Gasteiger partial charge on any atom is 0.0889 e. The highest BCUT2D eigenvalue weighted by molar-refractivity contribution is 4.93. The molecule has 0 radical (unpaired) electrons. The predicted molar refractivity (Wildman–Crippen MR) is 56.9 cm³/mol. The molecule has 0 spiro atoms. The SMILES string of the molecule is CCCCCC[C@@H]1O[C@@H]1C(C)(C)C. The molecule has 0 saturated carbocycles. The van der Waals surface area contributed by atoms with Crippen molar-refractivity contribution in [1.29, 1.82) is 0 Å². The first-order valence-corrected chi connectivity index (χ1v) is 5.71. The van der Waals surface area contributed by atoms with Crippen LogP contribution in [0.4, 0.5) is 0 Å². The Labute approximate surface area is 82.9 Å². The summed E-state index contributed by atoms with van der Waals surface area (Å²) in [5, 5.41) is 0. The first kappa shape index (κ1) is 11.0. The lowest BCUT2D eigenvalue weighted by Gasteiger charge is -2.14. The number of epoxide rings is 1. The van der Waals surface area contributed by atoms with Crippen LogP contribution in [0.1, 0.15) is 59.8 Å². The topological polar surface area (TPSA) is 12.5 Å². The molecular weight excluding hydrogens is 160 g/mol. The third kappa shape index (κ3) is 3.68. The third-order valence-electron chi connectivity index (χ3n) is 2.78. The summed E-state index contributed by atoms with van der Waals surface area (Å²) in [7, 11) is 0. The van der Waals surface area contributed by atoms with Crippen molar-refractivity contribution in [1.82, 2.24) is 0 Å². The zero-order valence-corrected chi connectivity index (χ0v) is 9.60. The molecule has 1 heterocycles. The van der Waals surface area contributed by atoms with E-state index in [4.69, 9.17) is 4.74 Å². The number of ether oxygens (including phenoxy) is 1. The minimum Gasteiger partial charge on any atom is -0.369 e. The fourth-order valence-electron chi connectivity index (χ4n) is 1.90. The summed E-state index contributed by atoms with van der Waals surface area (Å²) in [4.78, 5) is 0. The highest BCUT2D eigenvalue weighted by Gasteiger charge is 2.46. The van der Waals surface area contributed by atoms with Gasteiger partial charge in [-0.3, -0.25) is 0 Å². The molecule has 0 unspecified atom stereocenters. The van der Waals surface area contributed by atoms with Gasteiger partial charge in [0.15, 0.2) is 0 Å². The smallest absolute Gasteiger partial charge is 0.0889 e. The monoisotopic (exact) mass is 184 g/mol. The minimum atomic E-state index is 0.357. The number of hydrogen-bond acceptors (Lipinski definition) is 1. The minimum absolute atomic E-state index is 0.357. The van der Waals surface area contributed by atoms with Crippen LogP contribution in [0.2, 0.25) is 0 Å². The van der Waals surface area contributed by atoms with E-state index in [1.54, 1.807) is 0 Å². The van der Waals surface area contributed by atoms with E-state index in [1.807, 2.05) is 0 Å². The van der Waals surface area contributed by atoms with Gasteiger partial charge in [-0.15, -0.1) is 0 Å². The van der Waals surface area contributed by atoms with Crippen molar-refractivity contribution in [3.05, 3.63) is 0 Å². The molecule has 0 aromatic carbocycles. The van der Waals surface area contributed by atoms with E-state index in [-0.39, 0.29) is 0 Å². The summed E-state index contributed by atoms with van der Waals surface area (Å²) < 4.78 is 5.66.